The smallest absolute Gasteiger partial charge is 0.261 e. The van der Waals surface area contributed by atoms with Gasteiger partial charge in [0.25, 0.3) is 15.9 Å². The van der Waals surface area contributed by atoms with Crippen LogP contribution in [0.25, 0.3) is 0 Å². The predicted molar refractivity (Wildman–Crippen MR) is 124 cm³/mol. The molecule has 0 saturated heterocycles. The Morgan fingerprint density at radius 3 is 2.41 bits per heavy atom. The van der Waals surface area contributed by atoms with E-state index in [0.717, 1.165) is 17.0 Å². The van der Waals surface area contributed by atoms with E-state index in [9.17, 15) is 13.2 Å². The highest BCUT2D eigenvalue weighted by molar-refractivity contribution is 7.99. The first kappa shape index (κ1) is 23.6. The topological polar surface area (TPSA) is 126 Å². The maximum Gasteiger partial charge on any atom is 0.261 e. The Bertz CT molecular complexity index is 1160. The number of aromatic amines is 1. The van der Waals surface area contributed by atoms with Gasteiger partial charge in [-0.2, -0.15) is 0 Å². The molecule has 1 heterocycles. The molecule has 1 aromatic heterocycles. The highest BCUT2D eigenvalue weighted by Crippen LogP contribution is 2.21. The number of carbonyl (C=O) groups excluding carboxylic acids is 1. The molecule has 170 valence electrons. The second kappa shape index (κ2) is 10.5. The summed E-state index contributed by atoms with van der Waals surface area (Å²) < 4.78 is 33.3. The van der Waals surface area contributed by atoms with Gasteiger partial charge in [-0.1, -0.05) is 17.8 Å². The van der Waals surface area contributed by atoms with E-state index in [1.165, 1.54) is 36.0 Å². The van der Waals surface area contributed by atoms with E-state index >= 15 is 0 Å². The number of carbonyl (C=O) groups is 1. The molecular weight excluding hydrogens is 450 g/mol. The van der Waals surface area contributed by atoms with Gasteiger partial charge in [0, 0.05) is 18.0 Å². The van der Waals surface area contributed by atoms with Gasteiger partial charge < -0.3 is 10.1 Å². The van der Waals surface area contributed by atoms with Gasteiger partial charge in [-0.05, 0) is 68.3 Å². The van der Waals surface area contributed by atoms with Crippen molar-refractivity contribution in [2.75, 3.05) is 23.6 Å². The zero-order valence-corrected chi connectivity index (χ0v) is 19.6. The Labute approximate surface area is 191 Å². The van der Waals surface area contributed by atoms with E-state index in [4.69, 9.17) is 4.74 Å². The number of H-pyrrole nitrogens is 1. The summed E-state index contributed by atoms with van der Waals surface area (Å²) in [5.74, 6) is 1.49. The molecule has 0 aliphatic heterocycles. The number of benzene rings is 2. The number of aryl methyl sites for hydroxylation is 3. The quantitative estimate of drug-likeness (QED) is 0.304. The number of nitrogens with zero attached hydrogens (tertiary/aromatic N) is 2. The maximum atomic E-state index is 12.6. The molecule has 3 aromatic rings. The van der Waals surface area contributed by atoms with Crippen LogP contribution in [0, 0.1) is 20.8 Å². The van der Waals surface area contributed by atoms with Crippen molar-refractivity contribution in [3.8, 4) is 5.75 Å². The summed E-state index contributed by atoms with van der Waals surface area (Å²) >= 11 is 1.43. The van der Waals surface area contributed by atoms with Crippen LogP contribution in [0.5, 0.6) is 5.75 Å². The monoisotopic (exact) mass is 475 g/mol. The molecule has 2 aromatic carbocycles. The van der Waals surface area contributed by atoms with Gasteiger partial charge in [0.2, 0.25) is 5.16 Å². The Hall–Kier alpha value is -3.05. The van der Waals surface area contributed by atoms with Crippen molar-refractivity contribution in [3.63, 3.8) is 0 Å². The fraction of sp³-hybridized carbons (Fsp3) is 0.286. The average Bonchev–Trinajstić information content (AvgIpc) is 3.14. The molecule has 0 aliphatic carbocycles. The van der Waals surface area contributed by atoms with Crippen molar-refractivity contribution in [3.05, 3.63) is 59.4 Å². The van der Waals surface area contributed by atoms with E-state index in [2.05, 4.69) is 25.2 Å². The molecule has 3 rings (SSSR count). The first-order valence-electron chi connectivity index (χ1n) is 9.84. The summed E-state index contributed by atoms with van der Waals surface area (Å²) in [4.78, 5) is 16.2. The zero-order chi connectivity index (χ0) is 23.1. The summed E-state index contributed by atoms with van der Waals surface area (Å²) in [6, 6.07) is 11.4. The minimum Gasteiger partial charge on any atom is -0.484 e. The van der Waals surface area contributed by atoms with Crippen molar-refractivity contribution in [2.24, 2.45) is 0 Å². The lowest BCUT2D eigenvalue weighted by Gasteiger charge is -2.11. The van der Waals surface area contributed by atoms with Crippen LogP contribution in [-0.4, -0.2) is 48.4 Å². The number of amides is 1. The molecular formula is C21H25N5O4S2. The summed E-state index contributed by atoms with van der Waals surface area (Å²) in [6.45, 7) is 5.91. The fourth-order valence-electron chi connectivity index (χ4n) is 2.88. The number of anilines is 1. The van der Waals surface area contributed by atoms with Crippen LogP contribution in [0.15, 0.2) is 52.5 Å². The second-order valence-electron chi connectivity index (χ2n) is 7.14. The fourth-order valence-corrected chi connectivity index (χ4v) is 4.62. The number of aromatic nitrogens is 3. The van der Waals surface area contributed by atoms with Crippen LogP contribution in [-0.2, 0) is 14.8 Å². The molecule has 1 amide bonds. The number of thioether (sulfide) groups is 1. The Morgan fingerprint density at radius 1 is 1.09 bits per heavy atom. The minimum absolute atomic E-state index is 0.104. The molecule has 11 heteroatoms. The highest BCUT2D eigenvalue weighted by atomic mass is 32.2. The standard InChI is InChI=1S/C21H25N5O4S2/c1-14-10-15(2)12-17(11-14)26-32(28,29)19-6-4-18(5-7-19)30-13-20(27)22-8-9-31-21-23-16(3)24-25-21/h4-7,10-12,26H,8-9,13H2,1-3H3,(H,22,27)(H,23,24,25). The number of rotatable bonds is 10. The van der Waals surface area contributed by atoms with Gasteiger partial charge in [-0.25, -0.2) is 13.4 Å². The first-order chi connectivity index (χ1) is 15.2. The van der Waals surface area contributed by atoms with E-state index in [1.54, 1.807) is 12.1 Å². The molecule has 0 radical (unpaired) electrons. The third-order valence-corrected chi connectivity index (χ3v) is 6.46. The SMILES string of the molecule is Cc1cc(C)cc(NS(=O)(=O)c2ccc(OCC(=O)NCCSc3n[nH]c(C)n3)cc2)c1. The van der Waals surface area contributed by atoms with E-state index < -0.39 is 10.0 Å². The molecule has 0 aliphatic rings. The molecule has 0 fully saturated rings. The molecule has 0 bridgehead atoms. The second-order valence-corrected chi connectivity index (χ2v) is 9.89. The van der Waals surface area contributed by atoms with Crippen LogP contribution >= 0.6 is 11.8 Å². The number of sulfonamides is 1. The van der Waals surface area contributed by atoms with Crippen molar-refractivity contribution < 1.29 is 17.9 Å². The van der Waals surface area contributed by atoms with Crippen molar-refractivity contribution in [1.82, 2.24) is 20.5 Å². The lowest BCUT2D eigenvalue weighted by atomic mass is 10.1. The lowest BCUT2D eigenvalue weighted by molar-refractivity contribution is -0.122. The third-order valence-electron chi connectivity index (χ3n) is 4.21. The van der Waals surface area contributed by atoms with Crippen LogP contribution in [0.4, 0.5) is 5.69 Å². The molecule has 9 nitrogen and oxygen atoms in total. The first-order valence-corrected chi connectivity index (χ1v) is 12.3. The molecule has 0 saturated carbocycles. The Kier molecular flexibility index (Phi) is 7.75. The van der Waals surface area contributed by atoms with Crippen molar-refractivity contribution in [2.45, 2.75) is 30.8 Å². The highest BCUT2D eigenvalue weighted by Gasteiger charge is 2.15. The largest absolute Gasteiger partial charge is 0.484 e. The zero-order valence-electron chi connectivity index (χ0n) is 18.0. The van der Waals surface area contributed by atoms with E-state index in [0.29, 0.717) is 28.9 Å². The molecule has 0 atom stereocenters. The summed E-state index contributed by atoms with van der Waals surface area (Å²) in [5.41, 5.74) is 2.45. The van der Waals surface area contributed by atoms with Gasteiger partial charge in [-0.3, -0.25) is 14.6 Å². The molecule has 32 heavy (non-hydrogen) atoms. The van der Waals surface area contributed by atoms with Gasteiger partial charge in [0.15, 0.2) is 6.61 Å². The molecule has 0 spiro atoms. The van der Waals surface area contributed by atoms with Crippen LogP contribution < -0.4 is 14.8 Å². The summed E-state index contributed by atoms with van der Waals surface area (Å²) in [6.07, 6.45) is 0. The molecule has 3 N–H and O–H groups in total. The Morgan fingerprint density at radius 2 is 1.78 bits per heavy atom. The van der Waals surface area contributed by atoms with Crippen LogP contribution in [0.1, 0.15) is 17.0 Å². The van der Waals surface area contributed by atoms with Gasteiger partial charge in [0.05, 0.1) is 4.90 Å². The van der Waals surface area contributed by atoms with Crippen LogP contribution in [0.3, 0.4) is 0 Å². The van der Waals surface area contributed by atoms with Gasteiger partial charge in [0.1, 0.15) is 11.6 Å². The van der Waals surface area contributed by atoms with Gasteiger partial charge in [-0.15, -0.1) is 5.10 Å². The van der Waals surface area contributed by atoms with Crippen molar-refractivity contribution in [1.29, 1.82) is 0 Å². The number of nitrogens with one attached hydrogen (secondary N) is 3. The minimum atomic E-state index is -3.73. The molecule has 0 unspecified atom stereocenters. The lowest BCUT2D eigenvalue weighted by Crippen LogP contribution is -2.30. The maximum absolute atomic E-state index is 12.6. The Balaban J connectivity index is 1.45. The van der Waals surface area contributed by atoms with Gasteiger partial charge >= 0.3 is 0 Å². The van der Waals surface area contributed by atoms with E-state index in [-0.39, 0.29) is 17.4 Å². The summed E-state index contributed by atoms with van der Waals surface area (Å²) in [5, 5.41) is 10.1. The predicted octanol–water partition coefficient (Wildman–Crippen LogP) is 2.82. The number of ether oxygens (including phenoxy) is 1. The van der Waals surface area contributed by atoms with Crippen LogP contribution in [0.2, 0.25) is 0 Å². The van der Waals surface area contributed by atoms with E-state index in [1.807, 2.05) is 26.8 Å². The average molecular weight is 476 g/mol. The number of hydrogen-bond acceptors (Lipinski definition) is 7. The number of hydrogen-bond donors (Lipinski definition) is 3. The summed E-state index contributed by atoms with van der Waals surface area (Å²) in [7, 11) is -3.73. The third kappa shape index (κ3) is 6.99. The van der Waals surface area contributed by atoms with Crippen molar-refractivity contribution >= 4 is 33.4 Å². The normalized spacial score (nSPS) is 11.2.